The predicted molar refractivity (Wildman–Crippen MR) is 91.9 cm³/mol. The molecule has 2 aromatic rings. The molecular formula is C17H20BrN3O. The molecule has 1 aliphatic rings. The molecule has 116 valence electrons. The molecule has 1 aliphatic heterocycles. The van der Waals surface area contributed by atoms with Crippen molar-refractivity contribution in [3.8, 4) is 0 Å². The molecule has 5 heteroatoms. The van der Waals surface area contributed by atoms with Crippen LogP contribution in [0.4, 0.5) is 5.69 Å². The summed E-state index contributed by atoms with van der Waals surface area (Å²) in [5, 5.41) is 2.98. The number of aromatic nitrogens is 1. The molecule has 1 atom stereocenters. The molecule has 0 saturated heterocycles. The number of carbonyl (C=O) groups excluding carboxylic acids is 1. The van der Waals surface area contributed by atoms with Crippen LogP contribution in [0.5, 0.6) is 0 Å². The maximum atomic E-state index is 12.3. The summed E-state index contributed by atoms with van der Waals surface area (Å²) in [5.74, 6) is 0.0302. The lowest BCUT2D eigenvalue weighted by Crippen LogP contribution is -2.41. The molecule has 4 nitrogen and oxygen atoms in total. The number of nitrogens with one attached hydrogen (secondary N) is 1. The van der Waals surface area contributed by atoms with Gasteiger partial charge < -0.3 is 9.88 Å². The van der Waals surface area contributed by atoms with Crippen molar-refractivity contribution in [1.82, 2.24) is 9.47 Å². The van der Waals surface area contributed by atoms with Gasteiger partial charge in [-0.1, -0.05) is 22.0 Å². The molecule has 1 N–H and O–H groups in total. The summed E-state index contributed by atoms with van der Waals surface area (Å²) in [7, 11) is 0. The highest BCUT2D eigenvalue weighted by atomic mass is 79.9. The zero-order valence-electron chi connectivity index (χ0n) is 12.8. The van der Waals surface area contributed by atoms with Gasteiger partial charge in [-0.05, 0) is 43.7 Å². The molecule has 2 heterocycles. The van der Waals surface area contributed by atoms with Crippen LogP contribution in [0, 0.1) is 6.92 Å². The first kappa shape index (κ1) is 15.3. The normalized spacial score (nSPS) is 18.0. The van der Waals surface area contributed by atoms with Crippen LogP contribution in [0.25, 0.3) is 0 Å². The van der Waals surface area contributed by atoms with Gasteiger partial charge in [0, 0.05) is 41.2 Å². The average Bonchev–Trinajstić information content (AvgIpc) is 2.95. The molecule has 0 aliphatic carbocycles. The second-order valence-corrected chi connectivity index (χ2v) is 6.64. The number of nitrogens with zero attached hydrogens (tertiary/aromatic N) is 2. The smallest absolute Gasteiger partial charge is 0.238 e. The molecule has 3 rings (SSSR count). The van der Waals surface area contributed by atoms with Gasteiger partial charge in [0.05, 0.1) is 6.54 Å². The molecule has 1 amide bonds. The third-order valence-electron chi connectivity index (χ3n) is 4.27. The summed E-state index contributed by atoms with van der Waals surface area (Å²) in [6.07, 6.45) is 2.10. The zero-order chi connectivity index (χ0) is 15.7. The van der Waals surface area contributed by atoms with Crippen LogP contribution in [0.15, 0.2) is 41.0 Å². The van der Waals surface area contributed by atoms with Crippen molar-refractivity contribution in [3.63, 3.8) is 0 Å². The van der Waals surface area contributed by atoms with Gasteiger partial charge in [0.2, 0.25) is 5.91 Å². The van der Waals surface area contributed by atoms with Gasteiger partial charge in [-0.3, -0.25) is 9.69 Å². The van der Waals surface area contributed by atoms with E-state index in [4.69, 9.17) is 0 Å². The Labute approximate surface area is 139 Å². The van der Waals surface area contributed by atoms with Crippen LogP contribution in [0.2, 0.25) is 0 Å². The van der Waals surface area contributed by atoms with Crippen molar-refractivity contribution in [3.05, 3.63) is 52.3 Å². The molecule has 0 saturated carbocycles. The van der Waals surface area contributed by atoms with Crippen molar-refractivity contribution >= 4 is 27.5 Å². The second-order valence-electron chi connectivity index (χ2n) is 5.79. The number of amides is 1. The van der Waals surface area contributed by atoms with E-state index >= 15 is 0 Å². The number of hydrogen-bond acceptors (Lipinski definition) is 2. The Hall–Kier alpha value is -1.59. The fourth-order valence-corrected chi connectivity index (χ4v) is 3.28. The Bertz CT molecular complexity index is 695. The first-order valence-electron chi connectivity index (χ1n) is 7.49. The van der Waals surface area contributed by atoms with Gasteiger partial charge in [0.25, 0.3) is 0 Å². The minimum atomic E-state index is 0.0302. The number of halogens is 1. The number of carbonyl (C=O) groups is 1. The third kappa shape index (κ3) is 3.10. The lowest BCUT2D eigenvalue weighted by atomic mass is 10.1. The van der Waals surface area contributed by atoms with Crippen molar-refractivity contribution < 1.29 is 4.79 Å². The van der Waals surface area contributed by atoms with Crippen LogP contribution in [0.3, 0.4) is 0 Å². The van der Waals surface area contributed by atoms with E-state index < -0.39 is 0 Å². The minimum Gasteiger partial charge on any atom is -0.349 e. The largest absolute Gasteiger partial charge is 0.349 e. The molecule has 0 bridgehead atoms. The number of hydrogen-bond donors (Lipinski definition) is 1. The van der Waals surface area contributed by atoms with Gasteiger partial charge in [0.15, 0.2) is 0 Å². The maximum Gasteiger partial charge on any atom is 0.238 e. The Balaban J connectivity index is 1.64. The number of aryl methyl sites for hydroxylation is 1. The maximum absolute atomic E-state index is 12.3. The summed E-state index contributed by atoms with van der Waals surface area (Å²) >= 11 is 3.49. The van der Waals surface area contributed by atoms with Gasteiger partial charge in [-0.25, -0.2) is 0 Å². The highest BCUT2D eigenvalue weighted by Gasteiger charge is 2.24. The van der Waals surface area contributed by atoms with Gasteiger partial charge in [-0.15, -0.1) is 0 Å². The predicted octanol–water partition coefficient (Wildman–Crippen LogP) is 3.57. The minimum absolute atomic E-state index is 0.0302. The Kier molecular flexibility index (Phi) is 4.36. The van der Waals surface area contributed by atoms with Crippen LogP contribution < -0.4 is 5.32 Å². The standard InChI is InChI=1S/C17H20BrN3O/c1-12-5-6-14(10-15(12)18)19-17(22)11-21-9-8-20-7-3-4-16(20)13(21)2/h3-7,10,13H,8-9,11H2,1-2H3,(H,19,22). The van der Waals surface area contributed by atoms with Crippen LogP contribution in [-0.4, -0.2) is 28.5 Å². The number of anilines is 1. The molecule has 0 radical (unpaired) electrons. The van der Waals surface area contributed by atoms with E-state index in [0.29, 0.717) is 6.54 Å². The van der Waals surface area contributed by atoms with E-state index in [0.717, 1.165) is 28.8 Å². The average molecular weight is 362 g/mol. The summed E-state index contributed by atoms with van der Waals surface area (Å²) in [6.45, 7) is 6.43. The molecular weight excluding hydrogens is 342 g/mol. The number of benzene rings is 1. The van der Waals surface area contributed by atoms with Crippen molar-refractivity contribution in [2.24, 2.45) is 0 Å². The highest BCUT2D eigenvalue weighted by molar-refractivity contribution is 9.10. The quantitative estimate of drug-likeness (QED) is 0.906. The first-order chi connectivity index (χ1) is 10.5. The van der Waals surface area contributed by atoms with E-state index in [1.807, 2.05) is 25.1 Å². The lowest BCUT2D eigenvalue weighted by Gasteiger charge is -2.34. The summed E-state index contributed by atoms with van der Waals surface area (Å²) in [5.41, 5.74) is 3.26. The fraction of sp³-hybridized carbons (Fsp3) is 0.353. The van der Waals surface area contributed by atoms with E-state index in [1.54, 1.807) is 0 Å². The van der Waals surface area contributed by atoms with E-state index in [9.17, 15) is 4.79 Å². The number of rotatable bonds is 3. The lowest BCUT2D eigenvalue weighted by molar-refractivity contribution is -0.118. The van der Waals surface area contributed by atoms with Crippen molar-refractivity contribution in [2.75, 3.05) is 18.4 Å². The van der Waals surface area contributed by atoms with Crippen LogP contribution >= 0.6 is 15.9 Å². The van der Waals surface area contributed by atoms with Crippen molar-refractivity contribution in [2.45, 2.75) is 26.4 Å². The first-order valence-corrected chi connectivity index (χ1v) is 8.29. The molecule has 0 fully saturated rings. The topological polar surface area (TPSA) is 37.3 Å². The van der Waals surface area contributed by atoms with Gasteiger partial charge >= 0.3 is 0 Å². The number of fused-ring (bicyclic) bond motifs is 1. The summed E-state index contributed by atoms with van der Waals surface area (Å²) in [4.78, 5) is 14.5. The van der Waals surface area contributed by atoms with Gasteiger partial charge in [0.1, 0.15) is 0 Å². The molecule has 1 unspecified atom stereocenters. The Morgan fingerprint density at radius 2 is 2.18 bits per heavy atom. The molecule has 22 heavy (non-hydrogen) atoms. The van der Waals surface area contributed by atoms with Crippen LogP contribution in [-0.2, 0) is 11.3 Å². The zero-order valence-corrected chi connectivity index (χ0v) is 14.4. The molecule has 1 aromatic carbocycles. The van der Waals surface area contributed by atoms with E-state index in [-0.39, 0.29) is 11.9 Å². The van der Waals surface area contributed by atoms with E-state index in [2.05, 4.69) is 56.0 Å². The molecule has 0 spiro atoms. The van der Waals surface area contributed by atoms with Crippen LogP contribution in [0.1, 0.15) is 24.2 Å². The third-order valence-corrected chi connectivity index (χ3v) is 5.13. The van der Waals surface area contributed by atoms with Crippen molar-refractivity contribution in [1.29, 1.82) is 0 Å². The SMILES string of the molecule is Cc1ccc(NC(=O)CN2CCn3cccc3C2C)cc1Br. The summed E-state index contributed by atoms with van der Waals surface area (Å²) in [6, 6.07) is 10.3. The monoisotopic (exact) mass is 361 g/mol. The van der Waals surface area contributed by atoms with E-state index in [1.165, 1.54) is 5.69 Å². The Morgan fingerprint density at radius 1 is 1.36 bits per heavy atom. The molecule has 1 aromatic heterocycles. The Morgan fingerprint density at radius 3 is 2.95 bits per heavy atom. The fourth-order valence-electron chi connectivity index (χ4n) is 2.90. The second kappa shape index (κ2) is 6.26. The van der Waals surface area contributed by atoms with Gasteiger partial charge in [-0.2, -0.15) is 0 Å². The highest BCUT2D eigenvalue weighted by Crippen LogP contribution is 2.25. The summed E-state index contributed by atoms with van der Waals surface area (Å²) < 4.78 is 3.27.